The van der Waals surface area contributed by atoms with Crippen LogP contribution in [0, 0.1) is 25.2 Å². The molecule has 0 spiro atoms. The van der Waals surface area contributed by atoms with Gasteiger partial charge in [0.15, 0.2) is 0 Å². The lowest BCUT2D eigenvalue weighted by molar-refractivity contribution is 0.510. The average Bonchev–Trinajstić information content (AvgIpc) is 2.98. The van der Waals surface area contributed by atoms with Gasteiger partial charge in [-0.3, -0.25) is 0 Å². The maximum Gasteiger partial charge on any atom is 0.145 e. The van der Waals surface area contributed by atoms with E-state index in [1.165, 1.54) is 0 Å². The Labute approximate surface area is 177 Å². The Morgan fingerprint density at radius 3 is 2.36 bits per heavy atom. The van der Waals surface area contributed by atoms with E-state index in [1.54, 1.807) is 0 Å². The van der Waals surface area contributed by atoms with Crippen LogP contribution >= 0.6 is 28.1 Å². The highest BCUT2D eigenvalue weighted by Crippen LogP contribution is 2.28. The maximum atomic E-state index is 10.8. The number of para-hydroxylation sites is 1. The Bertz CT molecular complexity index is 1090. The second kappa shape index (κ2) is 8.42. The molecular formula is C22H18BrN3OS. The first-order valence-corrected chi connectivity index (χ1v) is 9.77. The third-order valence-corrected chi connectivity index (χ3v) is 5.21. The largest absolute Gasteiger partial charge is 0.506 e. The summed E-state index contributed by atoms with van der Waals surface area (Å²) in [5, 5.41) is 23.5. The van der Waals surface area contributed by atoms with Crippen molar-refractivity contribution in [3.05, 3.63) is 87.7 Å². The van der Waals surface area contributed by atoms with Gasteiger partial charge in [0.25, 0.3) is 0 Å². The minimum Gasteiger partial charge on any atom is -0.506 e. The van der Waals surface area contributed by atoms with E-state index < -0.39 is 0 Å². The number of nitriles is 1. The highest BCUT2D eigenvalue weighted by atomic mass is 79.9. The molecule has 3 rings (SSSR count). The minimum absolute atomic E-state index is 0.0370. The molecule has 2 N–H and O–H groups in total. The number of nitrogens with zero attached hydrogens (tertiary/aromatic N) is 2. The molecule has 0 saturated carbocycles. The first-order chi connectivity index (χ1) is 13.4. The lowest BCUT2D eigenvalue weighted by atomic mass is 10.1. The molecule has 0 bridgehead atoms. The number of aromatic nitrogens is 1. The topological polar surface area (TPSA) is 61.0 Å². The van der Waals surface area contributed by atoms with E-state index in [1.807, 2.05) is 85.1 Å². The van der Waals surface area contributed by atoms with E-state index >= 15 is 0 Å². The summed E-state index contributed by atoms with van der Waals surface area (Å²) in [6, 6.07) is 21.1. The second-order valence-electron chi connectivity index (χ2n) is 6.25. The number of nitrogens with one attached hydrogen (secondary N) is 1. The van der Waals surface area contributed by atoms with Gasteiger partial charge in [-0.2, -0.15) is 5.26 Å². The predicted molar refractivity (Wildman–Crippen MR) is 121 cm³/mol. The first-order valence-electron chi connectivity index (χ1n) is 8.57. The van der Waals surface area contributed by atoms with Crippen LogP contribution in [0.4, 0.5) is 5.69 Å². The number of thiocarbonyl (C=S) groups is 1. The van der Waals surface area contributed by atoms with Crippen LogP contribution in [-0.2, 0) is 0 Å². The Morgan fingerprint density at radius 2 is 1.75 bits per heavy atom. The van der Waals surface area contributed by atoms with Crippen molar-refractivity contribution in [2.24, 2.45) is 0 Å². The van der Waals surface area contributed by atoms with E-state index in [0.29, 0.717) is 5.56 Å². The van der Waals surface area contributed by atoms with E-state index in [9.17, 15) is 10.4 Å². The Morgan fingerprint density at radius 1 is 1.11 bits per heavy atom. The molecule has 0 fully saturated rings. The van der Waals surface area contributed by atoms with Gasteiger partial charge in [-0.15, -0.1) is 0 Å². The molecule has 1 heterocycles. The van der Waals surface area contributed by atoms with Crippen molar-refractivity contribution in [2.75, 3.05) is 5.32 Å². The van der Waals surface area contributed by atoms with Crippen molar-refractivity contribution in [2.45, 2.75) is 13.8 Å². The normalized spacial score (nSPS) is 11.5. The van der Waals surface area contributed by atoms with E-state index in [0.717, 1.165) is 27.2 Å². The SMILES string of the molecule is Cc1cc(C(O)=C(C#N)C(=S)Nc2ccccc2)c(C)n1-c1ccc(Br)cc1. The fourth-order valence-electron chi connectivity index (χ4n) is 3.05. The fourth-order valence-corrected chi connectivity index (χ4v) is 3.58. The molecule has 28 heavy (non-hydrogen) atoms. The van der Waals surface area contributed by atoms with Gasteiger partial charge in [-0.05, 0) is 56.3 Å². The van der Waals surface area contributed by atoms with Gasteiger partial charge in [0.05, 0.1) is 0 Å². The standard InChI is InChI=1S/C22H18BrN3OS/c1-14-12-19(15(2)26(14)18-10-8-16(23)9-11-18)21(27)20(13-24)22(28)25-17-6-4-3-5-7-17/h3-12,27H,1-2H3,(H,25,28). The maximum absolute atomic E-state index is 10.8. The molecular weight excluding hydrogens is 434 g/mol. The molecule has 0 aliphatic carbocycles. The summed E-state index contributed by atoms with van der Waals surface area (Å²) in [7, 11) is 0. The molecule has 0 amide bonds. The summed E-state index contributed by atoms with van der Waals surface area (Å²) in [6.07, 6.45) is 0. The summed E-state index contributed by atoms with van der Waals surface area (Å²) in [5.41, 5.74) is 4.12. The molecule has 0 aliphatic heterocycles. The Balaban J connectivity index is 2.01. The summed E-state index contributed by atoms with van der Waals surface area (Å²) in [4.78, 5) is 0.180. The highest BCUT2D eigenvalue weighted by molar-refractivity contribution is 9.10. The van der Waals surface area contributed by atoms with Crippen LogP contribution in [0.5, 0.6) is 0 Å². The lowest BCUT2D eigenvalue weighted by Gasteiger charge is -2.11. The van der Waals surface area contributed by atoms with E-state index in [-0.39, 0.29) is 16.3 Å². The Kier molecular flexibility index (Phi) is 5.98. The molecule has 1 aromatic heterocycles. The van der Waals surface area contributed by atoms with Crippen molar-refractivity contribution >= 4 is 44.6 Å². The van der Waals surface area contributed by atoms with Crippen molar-refractivity contribution in [3.63, 3.8) is 0 Å². The van der Waals surface area contributed by atoms with Gasteiger partial charge in [-0.1, -0.05) is 46.3 Å². The predicted octanol–water partition coefficient (Wildman–Crippen LogP) is 6.09. The number of anilines is 1. The van der Waals surface area contributed by atoms with Gasteiger partial charge in [0.2, 0.25) is 0 Å². The van der Waals surface area contributed by atoms with Crippen LogP contribution in [0.1, 0.15) is 17.0 Å². The van der Waals surface area contributed by atoms with Crippen molar-refractivity contribution in [1.82, 2.24) is 4.57 Å². The number of aliphatic hydroxyl groups excluding tert-OH is 1. The molecule has 6 heteroatoms. The number of aliphatic hydroxyl groups is 1. The molecule has 0 radical (unpaired) electrons. The smallest absolute Gasteiger partial charge is 0.145 e. The first kappa shape index (κ1) is 19.9. The minimum atomic E-state index is -0.132. The Hall–Kier alpha value is -2.88. The van der Waals surface area contributed by atoms with Crippen molar-refractivity contribution in [1.29, 1.82) is 5.26 Å². The van der Waals surface area contributed by atoms with Gasteiger partial charge in [-0.25, -0.2) is 0 Å². The zero-order chi connectivity index (χ0) is 20.3. The van der Waals surface area contributed by atoms with Gasteiger partial charge < -0.3 is 15.0 Å². The molecule has 2 aromatic carbocycles. The molecule has 3 aromatic rings. The van der Waals surface area contributed by atoms with Gasteiger partial charge in [0.1, 0.15) is 22.4 Å². The number of hydrogen-bond acceptors (Lipinski definition) is 3. The average molecular weight is 452 g/mol. The summed E-state index contributed by atoms with van der Waals surface area (Å²) >= 11 is 8.80. The monoisotopic (exact) mass is 451 g/mol. The summed E-state index contributed by atoms with van der Waals surface area (Å²) in [5.74, 6) is -0.132. The number of rotatable bonds is 4. The van der Waals surface area contributed by atoms with Crippen LogP contribution < -0.4 is 5.32 Å². The number of benzene rings is 2. The third kappa shape index (κ3) is 4.01. The zero-order valence-electron chi connectivity index (χ0n) is 15.4. The van der Waals surface area contributed by atoms with Crippen LogP contribution in [-0.4, -0.2) is 14.7 Å². The van der Waals surface area contributed by atoms with Crippen LogP contribution in [0.3, 0.4) is 0 Å². The fraction of sp³-hybridized carbons (Fsp3) is 0.0909. The number of halogens is 1. The quantitative estimate of drug-likeness (QED) is 0.218. The molecule has 4 nitrogen and oxygen atoms in total. The highest BCUT2D eigenvalue weighted by Gasteiger charge is 2.19. The third-order valence-electron chi connectivity index (χ3n) is 4.38. The van der Waals surface area contributed by atoms with Crippen LogP contribution in [0.15, 0.2) is 70.7 Å². The van der Waals surface area contributed by atoms with E-state index in [2.05, 4.69) is 21.2 Å². The van der Waals surface area contributed by atoms with Crippen LogP contribution in [0.2, 0.25) is 0 Å². The molecule has 0 atom stereocenters. The summed E-state index contributed by atoms with van der Waals surface area (Å²) < 4.78 is 3.02. The molecule has 0 aliphatic rings. The second-order valence-corrected chi connectivity index (χ2v) is 7.58. The number of hydrogen-bond donors (Lipinski definition) is 2. The molecule has 0 saturated heterocycles. The van der Waals surface area contributed by atoms with E-state index in [4.69, 9.17) is 12.2 Å². The van der Waals surface area contributed by atoms with Gasteiger partial charge >= 0.3 is 0 Å². The van der Waals surface area contributed by atoms with Gasteiger partial charge in [0, 0.05) is 32.8 Å². The van der Waals surface area contributed by atoms with Crippen LogP contribution in [0.25, 0.3) is 11.4 Å². The van der Waals surface area contributed by atoms with Crippen molar-refractivity contribution < 1.29 is 5.11 Å². The summed E-state index contributed by atoms with van der Waals surface area (Å²) in [6.45, 7) is 3.86. The number of aryl methyl sites for hydroxylation is 1. The molecule has 0 unspecified atom stereocenters. The van der Waals surface area contributed by atoms with Crippen molar-refractivity contribution in [3.8, 4) is 11.8 Å². The lowest BCUT2D eigenvalue weighted by Crippen LogP contribution is -2.13. The zero-order valence-corrected chi connectivity index (χ0v) is 17.8. The molecule has 140 valence electrons.